The molecule has 0 aromatic rings. The molecule has 0 radical (unpaired) electrons. The number of fused-ring (bicyclic) bond motifs is 5. The van der Waals surface area contributed by atoms with Gasteiger partial charge in [-0.2, -0.15) is 0 Å². The zero-order valence-electron chi connectivity index (χ0n) is 13.5. The number of carbonyl (C=O) groups is 3. The molecule has 0 spiro atoms. The number of allylic oxidation sites excluding steroid dienone is 1. The maximum Gasteiger partial charge on any atom is 0.155 e. The van der Waals surface area contributed by atoms with E-state index in [0.29, 0.717) is 36.9 Å². The van der Waals surface area contributed by atoms with Crippen molar-refractivity contribution in [2.45, 2.75) is 58.8 Å². The van der Waals surface area contributed by atoms with E-state index in [0.717, 1.165) is 25.7 Å². The van der Waals surface area contributed by atoms with Gasteiger partial charge in [0.2, 0.25) is 0 Å². The summed E-state index contributed by atoms with van der Waals surface area (Å²) in [4.78, 5) is 37.1. The van der Waals surface area contributed by atoms with Crippen molar-refractivity contribution in [3.8, 4) is 0 Å². The quantitative estimate of drug-likeness (QED) is 0.645. The average Bonchev–Trinajstić information content (AvgIpc) is 2.75. The molecule has 0 bridgehead atoms. The second kappa shape index (κ2) is 4.39. The van der Waals surface area contributed by atoms with Crippen LogP contribution in [-0.4, -0.2) is 17.3 Å². The van der Waals surface area contributed by atoms with Gasteiger partial charge in [-0.1, -0.05) is 19.4 Å². The summed E-state index contributed by atoms with van der Waals surface area (Å²) in [6, 6.07) is 0. The highest BCUT2D eigenvalue weighted by Gasteiger charge is 2.62. The zero-order chi connectivity index (χ0) is 15.7. The van der Waals surface area contributed by atoms with Crippen molar-refractivity contribution < 1.29 is 14.4 Å². The highest BCUT2D eigenvalue weighted by atomic mass is 16.2. The van der Waals surface area contributed by atoms with Crippen molar-refractivity contribution in [2.24, 2.45) is 28.6 Å². The first-order chi connectivity index (χ1) is 10.4. The Hall–Kier alpha value is -1.25. The van der Waals surface area contributed by atoms with Gasteiger partial charge < -0.3 is 0 Å². The minimum atomic E-state index is -0.402. The minimum Gasteiger partial charge on any atom is -0.299 e. The Balaban J connectivity index is 1.77. The lowest BCUT2D eigenvalue weighted by Gasteiger charge is -2.55. The van der Waals surface area contributed by atoms with Gasteiger partial charge in [0.25, 0.3) is 0 Å². The molecule has 0 aromatic heterocycles. The molecule has 0 aromatic carbocycles. The number of Topliss-reactive ketones (excluding diaryl/α,β-unsaturated/α-hetero) is 2. The number of hydrogen-bond acceptors (Lipinski definition) is 3. The molecule has 0 aliphatic heterocycles. The van der Waals surface area contributed by atoms with Gasteiger partial charge in [0.15, 0.2) is 5.78 Å². The van der Waals surface area contributed by atoms with Crippen molar-refractivity contribution in [2.75, 3.05) is 0 Å². The van der Waals surface area contributed by atoms with E-state index in [2.05, 4.69) is 6.92 Å². The third kappa shape index (κ3) is 1.65. The van der Waals surface area contributed by atoms with Gasteiger partial charge in [0.1, 0.15) is 11.6 Å². The van der Waals surface area contributed by atoms with Crippen molar-refractivity contribution in [3.63, 3.8) is 0 Å². The van der Waals surface area contributed by atoms with E-state index in [1.54, 1.807) is 0 Å². The molecule has 4 aliphatic rings. The fourth-order valence-electron chi connectivity index (χ4n) is 6.16. The Morgan fingerprint density at radius 3 is 2.55 bits per heavy atom. The minimum absolute atomic E-state index is 0.0320. The summed E-state index contributed by atoms with van der Waals surface area (Å²) in [5, 5.41) is 0. The Morgan fingerprint density at radius 1 is 1.00 bits per heavy atom. The first kappa shape index (κ1) is 14.3. The standard InChI is InChI=1S/C19H24O3/c1-18-8-7-12(20)9-11(18)3-4-13-14-5-6-16(22)19(14,2)10-15(21)17(13)18/h9,13-14,17H,3-8,10H2,1-2H3/t13-,14-,17+,18-,19-/m0/s1/i7+1,9+1,12+1. The van der Waals surface area contributed by atoms with E-state index >= 15 is 0 Å². The first-order valence-corrected chi connectivity index (χ1v) is 8.66. The predicted molar refractivity (Wildman–Crippen MR) is 82.1 cm³/mol. The summed E-state index contributed by atoms with van der Waals surface area (Å²) in [6.45, 7) is 4.22. The zero-order valence-corrected chi connectivity index (χ0v) is 13.5. The third-order valence-corrected chi connectivity index (χ3v) is 7.36. The normalized spacial score (nSPS) is 47.6. The molecule has 3 saturated carbocycles. The first-order valence-electron chi connectivity index (χ1n) is 8.66. The van der Waals surface area contributed by atoms with E-state index in [1.807, 2.05) is 13.0 Å². The van der Waals surface area contributed by atoms with E-state index in [1.165, 1.54) is 5.57 Å². The van der Waals surface area contributed by atoms with E-state index in [-0.39, 0.29) is 22.9 Å². The predicted octanol–water partition coefficient (Wildman–Crippen LogP) is 3.27. The maximum atomic E-state index is 13.0. The summed E-state index contributed by atoms with van der Waals surface area (Å²) in [6.07, 6.45) is 7.12. The Labute approximate surface area is 131 Å². The lowest BCUT2D eigenvalue weighted by atomic mass is 9.48. The molecule has 3 fully saturated rings. The van der Waals surface area contributed by atoms with Gasteiger partial charge in [0.05, 0.1) is 0 Å². The molecular weight excluding hydrogens is 279 g/mol. The SMILES string of the molecule is C[C@]12C[13CH2][13C](=O)[13CH]=C1CC[C@@H]1[C@@H]2C(=O)C[C@]2(C)C(=O)CC[C@@H]12. The van der Waals surface area contributed by atoms with Crippen LogP contribution < -0.4 is 0 Å². The molecule has 3 heteroatoms. The van der Waals surface area contributed by atoms with Gasteiger partial charge >= 0.3 is 0 Å². The second-order valence-electron chi connectivity index (χ2n) is 8.36. The summed E-state index contributed by atoms with van der Waals surface area (Å²) in [5.41, 5.74) is 0.660. The number of hydrogen-bond donors (Lipinski definition) is 0. The largest absolute Gasteiger partial charge is 0.299 e. The van der Waals surface area contributed by atoms with E-state index in [9.17, 15) is 14.4 Å². The molecule has 0 N–H and O–H groups in total. The Morgan fingerprint density at radius 2 is 1.77 bits per heavy atom. The fourth-order valence-corrected chi connectivity index (χ4v) is 6.16. The second-order valence-corrected chi connectivity index (χ2v) is 8.36. The molecule has 0 saturated heterocycles. The average molecular weight is 303 g/mol. The topological polar surface area (TPSA) is 51.2 Å². The van der Waals surface area contributed by atoms with Crippen molar-refractivity contribution in [1.82, 2.24) is 0 Å². The number of carbonyl (C=O) groups excluding carboxylic acids is 3. The smallest absolute Gasteiger partial charge is 0.155 e. The van der Waals surface area contributed by atoms with Gasteiger partial charge in [-0.25, -0.2) is 0 Å². The van der Waals surface area contributed by atoms with Crippen LogP contribution in [0.2, 0.25) is 0 Å². The van der Waals surface area contributed by atoms with Crippen LogP contribution in [0.25, 0.3) is 0 Å². The van der Waals surface area contributed by atoms with Crippen LogP contribution in [-0.2, 0) is 14.4 Å². The molecule has 118 valence electrons. The fraction of sp³-hybridized carbons (Fsp3) is 0.737. The van der Waals surface area contributed by atoms with Crippen LogP contribution in [0.4, 0.5) is 0 Å². The number of ketones is 3. The Kier molecular flexibility index (Phi) is 2.87. The van der Waals surface area contributed by atoms with Crippen LogP contribution >= 0.6 is 0 Å². The molecule has 4 rings (SSSR count). The molecule has 4 aliphatic carbocycles. The highest BCUT2D eigenvalue weighted by molar-refractivity contribution is 5.96. The van der Waals surface area contributed by atoms with Crippen LogP contribution in [0, 0.1) is 28.6 Å². The lowest BCUT2D eigenvalue weighted by Crippen LogP contribution is -2.55. The van der Waals surface area contributed by atoms with Crippen LogP contribution in [0.3, 0.4) is 0 Å². The molecule has 0 unspecified atom stereocenters. The molecular formula is C19H24O3. The van der Waals surface area contributed by atoms with Gasteiger partial charge in [-0.3, -0.25) is 14.4 Å². The van der Waals surface area contributed by atoms with Crippen molar-refractivity contribution >= 4 is 17.3 Å². The highest BCUT2D eigenvalue weighted by Crippen LogP contribution is 2.63. The lowest BCUT2D eigenvalue weighted by molar-refractivity contribution is -0.149. The van der Waals surface area contributed by atoms with Crippen LogP contribution in [0.5, 0.6) is 0 Å². The van der Waals surface area contributed by atoms with E-state index < -0.39 is 5.41 Å². The Bertz CT molecular complexity index is 616. The van der Waals surface area contributed by atoms with Gasteiger partial charge in [-0.15, -0.1) is 0 Å². The third-order valence-electron chi connectivity index (χ3n) is 7.36. The molecule has 0 amide bonds. The van der Waals surface area contributed by atoms with Crippen LogP contribution in [0.15, 0.2) is 11.6 Å². The summed E-state index contributed by atoms with van der Waals surface area (Å²) >= 11 is 0. The van der Waals surface area contributed by atoms with Crippen LogP contribution in [0.1, 0.15) is 58.8 Å². The number of rotatable bonds is 0. The molecule has 5 atom stereocenters. The van der Waals surface area contributed by atoms with Crippen molar-refractivity contribution in [1.29, 1.82) is 0 Å². The van der Waals surface area contributed by atoms with Crippen molar-refractivity contribution in [3.05, 3.63) is 11.6 Å². The molecule has 0 heterocycles. The summed E-state index contributed by atoms with van der Waals surface area (Å²) in [5.74, 6) is 1.54. The molecule has 22 heavy (non-hydrogen) atoms. The monoisotopic (exact) mass is 303 g/mol. The summed E-state index contributed by atoms with van der Waals surface area (Å²) in [7, 11) is 0. The molecule has 3 nitrogen and oxygen atoms in total. The van der Waals surface area contributed by atoms with Gasteiger partial charge in [-0.05, 0) is 49.0 Å². The maximum absolute atomic E-state index is 13.0. The summed E-state index contributed by atoms with van der Waals surface area (Å²) < 4.78 is 0. The van der Waals surface area contributed by atoms with Gasteiger partial charge in [0, 0.05) is 30.6 Å². The van der Waals surface area contributed by atoms with E-state index in [4.69, 9.17) is 0 Å².